The fourth-order valence-corrected chi connectivity index (χ4v) is 0. The van der Waals surface area contributed by atoms with Crippen LogP contribution in [0, 0.1) is 0 Å². The van der Waals surface area contributed by atoms with Crippen molar-refractivity contribution >= 4 is 7.82 Å². The Bertz CT molecular complexity index is 55.1. The molecule has 9 heteroatoms. The van der Waals surface area contributed by atoms with Gasteiger partial charge in [-0.25, -0.2) is 0 Å². The Hall–Kier alpha value is 0.652. The van der Waals surface area contributed by atoms with Crippen molar-refractivity contribution in [1.29, 1.82) is 0 Å². The molecule has 0 rings (SSSR count). The summed E-state index contributed by atoms with van der Waals surface area (Å²) < 4.78 is 8.77. The normalized spacial score (nSPS) is 6.56. The van der Waals surface area contributed by atoms with E-state index in [4.69, 9.17) is 19.2 Å². The molecule has 2 N–H and O–H groups in total. The molecule has 0 spiro atoms. The molecule has 63 valence electrons. The van der Waals surface area contributed by atoms with Crippen LogP contribution < -0.4 is 4.89 Å². The van der Waals surface area contributed by atoms with Crippen LogP contribution >= 0.6 is 7.82 Å². The minimum Gasteiger partial charge on any atom is -2.00 e. The number of phosphoric acid groups is 1. The van der Waals surface area contributed by atoms with Gasteiger partial charge in [0.2, 0.25) is 0 Å². The first kappa shape index (κ1) is 33.4. The third kappa shape index (κ3) is 900. The van der Waals surface area contributed by atoms with Gasteiger partial charge in [-0.2, -0.15) is 0 Å². The van der Waals surface area contributed by atoms with Crippen molar-refractivity contribution in [2.45, 2.75) is 0 Å². The molecule has 0 unspecified atom stereocenters. The van der Waals surface area contributed by atoms with Gasteiger partial charge in [-0.15, -0.1) is 0 Å². The Balaban J connectivity index is -0.0000000133. The number of hydrogen-bond donors (Lipinski definition) is 2. The fraction of sp³-hybridized carbons (Fsp3) is 0. The van der Waals surface area contributed by atoms with E-state index in [1.165, 1.54) is 0 Å². The molecule has 7 nitrogen and oxygen atoms in total. The first-order valence-corrected chi connectivity index (χ1v) is 2.30. The topological polar surface area (TPSA) is 166 Å². The largest absolute Gasteiger partial charge is 2.00 e. The van der Waals surface area contributed by atoms with E-state index in [9.17, 15) is 0 Å². The average Bonchev–Trinajstić information content (AvgIpc) is 0.722. The predicted octanol–water partition coefficient (Wildman–Crippen LogP) is -1.92. The predicted molar refractivity (Wildman–Crippen MR) is 14.1 cm³/mol. The van der Waals surface area contributed by atoms with Gasteiger partial charge < -0.3 is 31.1 Å². The van der Waals surface area contributed by atoms with E-state index in [0.717, 1.165) is 0 Å². The van der Waals surface area contributed by atoms with Crippen LogP contribution in [0.5, 0.6) is 0 Å². The first-order chi connectivity index (χ1) is 2.00. The molecule has 0 aliphatic heterocycles. The smallest absolute Gasteiger partial charge is 0.262 e. The second-order valence-corrected chi connectivity index (χ2v) is 1.47. The Morgan fingerprint density at radius 3 is 1.11 bits per heavy atom. The summed E-state index contributed by atoms with van der Waals surface area (Å²) in [5, 5.41) is 0. The molecule has 9 heavy (non-hydrogen) atoms. The van der Waals surface area contributed by atoms with Gasteiger partial charge in [-0.1, -0.05) is 0 Å². The van der Waals surface area contributed by atoms with Gasteiger partial charge in [0, 0.05) is 20.4 Å². The van der Waals surface area contributed by atoms with Crippen molar-refractivity contribution in [1.82, 2.24) is 0 Å². The van der Waals surface area contributed by atoms with E-state index >= 15 is 0 Å². The number of hydrogen-bond acceptors (Lipinski definition) is 2. The van der Waals surface area contributed by atoms with E-state index in [0.29, 0.717) is 0 Å². The van der Waals surface area contributed by atoms with Crippen LogP contribution in [-0.4, -0.2) is 9.79 Å². The van der Waals surface area contributed by atoms with E-state index < -0.39 is 7.82 Å². The molecular weight excluding hydrogens is 329 g/mol. The molecule has 1 radical (unpaired) electrons. The van der Waals surface area contributed by atoms with Crippen molar-refractivity contribution in [2.75, 3.05) is 0 Å². The van der Waals surface area contributed by atoms with Crippen molar-refractivity contribution in [3.8, 4) is 0 Å². The van der Waals surface area contributed by atoms with Crippen LogP contribution in [0.25, 0.3) is 0 Å². The Morgan fingerprint density at radius 2 is 1.11 bits per heavy atom. The van der Waals surface area contributed by atoms with Crippen LogP contribution in [0.2, 0.25) is 0 Å². The maximum absolute atomic E-state index is 8.77. The standard InChI is InChI=1S/H3O4P.3O.Re/c1-5(2,3)4;;;;/h(H3,1,2,3,4);;;;/q;3*-2;/p-1. The Kier molecular flexibility index (Phi) is 42.5. The van der Waals surface area contributed by atoms with Crippen LogP contribution in [0.15, 0.2) is 0 Å². The van der Waals surface area contributed by atoms with Gasteiger partial charge in [0.05, 0.1) is 0 Å². The molecule has 0 aliphatic carbocycles. The van der Waals surface area contributed by atoms with Gasteiger partial charge in [0.25, 0.3) is 7.82 Å². The van der Waals surface area contributed by atoms with Crippen molar-refractivity contribution in [3.63, 3.8) is 0 Å². The Labute approximate surface area is 64.5 Å². The molecule has 0 saturated carbocycles. The summed E-state index contributed by atoms with van der Waals surface area (Å²) in [7, 11) is -4.89. The molecule has 0 heterocycles. The molecule has 0 aromatic carbocycles. The van der Waals surface area contributed by atoms with E-state index in [2.05, 4.69) is 0 Å². The summed E-state index contributed by atoms with van der Waals surface area (Å²) >= 11 is 0. The van der Waals surface area contributed by atoms with Gasteiger partial charge in [0.1, 0.15) is 0 Å². The van der Waals surface area contributed by atoms with Crippen LogP contribution in [0.1, 0.15) is 0 Å². The third-order valence-corrected chi connectivity index (χ3v) is 0. The van der Waals surface area contributed by atoms with Gasteiger partial charge in [0.15, 0.2) is 0 Å². The van der Waals surface area contributed by atoms with E-state index in [-0.39, 0.29) is 36.9 Å². The quantitative estimate of drug-likeness (QED) is 0.494. The Morgan fingerprint density at radius 1 is 1.11 bits per heavy atom. The van der Waals surface area contributed by atoms with Gasteiger partial charge >= 0.3 is 0 Å². The molecule has 0 bridgehead atoms. The summed E-state index contributed by atoms with van der Waals surface area (Å²) in [6.07, 6.45) is 0. The minimum absolute atomic E-state index is 0. The SMILES string of the molecule is O=P([O-])(O)O.[O-2].[O-2].[O-2].[Re]. The van der Waals surface area contributed by atoms with Gasteiger partial charge in [-0.3, -0.25) is 4.57 Å². The summed E-state index contributed by atoms with van der Waals surface area (Å²) in [4.78, 5) is 22.9. The van der Waals surface area contributed by atoms with Gasteiger partial charge in [-0.05, 0) is 0 Å². The minimum atomic E-state index is -4.89. The monoisotopic (exact) mass is 332 g/mol. The summed E-state index contributed by atoms with van der Waals surface area (Å²) in [6, 6.07) is 0. The molecule has 0 aromatic rings. The first-order valence-electron chi connectivity index (χ1n) is 0.765. The van der Waals surface area contributed by atoms with Crippen molar-refractivity contribution in [3.05, 3.63) is 0 Å². The summed E-state index contributed by atoms with van der Waals surface area (Å²) in [5.41, 5.74) is 0. The second kappa shape index (κ2) is 11.4. The number of rotatable bonds is 0. The van der Waals surface area contributed by atoms with Crippen LogP contribution in [0.3, 0.4) is 0 Å². The zero-order chi connectivity index (χ0) is 4.50. The average molecular weight is 331 g/mol. The maximum Gasteiger partial charge on any atom is 0.262 e. The molecule has 0 fully saturated rings. The summed E-state index contributed by atoms with van der Waals surface area (Å²) in [6.45, 7) is 0. The third-order valence-electron chi connectivity index (χ3n) is 0. The molecule has 0 saturated heterocycles. The molecule has 0 aromatic heterocycles. The van der Waals surface area contributed by atoms with Crippen molar-refractivity contribution in [2.24, 2.45) is 0 Å². The van der Waals surface area contributed by atoms with E-state index in [1.807, 2.05) is 0 Å². The molecule has 0 atom stereocenters. The zero-order valence-electron chi connectivity index (χ0n) is 3.76. The maximum atomic E-state index is 8.77. The molecular formula is H2O7PRe-7. The van der Waals surface area contributed by atoms with Crippen LogP contribution in [0.4, 0.5) is 0 Å². The molecule has 0 amide bonds. The summed E-state index contributed by atoms with van der Waals surface area (Å²) in [5.74, 6) is 0. The van der Waals surface area contributed by atoms with Crippen molar-refractivity contribution < 1.29 is 56.1 Å². The fourth-order valence-electron chi connectivity index (χ4n) is 0. The second-order valence-electron chi connectivity index (χ2n) is 0.491. The zero-order valence-corrected chi connectivity index (χ0v) is 7.37. The van der Waals surface area contributed by atoms with E-state index in [1.54, 1.807) is 0 Å². The molecule has 0 aliphatic rings. The van der Waals surface area contributed by atoms with Crippen LogP contribution in [-0.2, 0) is 41.4 Å².